The number of urea groups is 1. The van der Waals surface area contributed by atoms with Crippen molar-refractivity contribution in [1.82, 2.24) is 15.1 Å². The maximum absolute atomic E-state index is 12.7. The summed E-state index contributed by atoms with van der Waals surface area (Å²) in [4.78, 5) is 28.8. The lowest BCUT2D eigenvalue weighted by atomic mass is 10.0. The molecule has 0 bridgehead atoms. The quantitative estimate of drug-likeness (QED) is 0.892. The summed E-state index contributed by atoms with van der Waals surface area (Å²) in [5, 5.41) is 2.93. The van der Waals surface area contributed by atoms with Crippen molar-refractivity contribution in [1.29, 1.82) is 0 Å². The van der Waals surface area contributed by atoms with Crippen molar-refractivity contribution in [3.05, 3.63) is 35.9 Å². The van der Waals surface area contributed by atoms with Gasteiger partial charge in [-0.2, -0.15) is 0 Å². The van der Waals surface area contributed by atoms with Crippen LogP contribution >= 0.6 is 0 Å². The highest BCUT2D eigenvalue weighted by atomic mass is 16.6. The number of nitrogens with zero attached hydrogens (tertiary/aromatic N) is 2. The van der Waals surface area contributed by atoms with Gasteiger partial charge in [0.25, 0.3) is 0 Å². The van der Waals surface area contributed by atoms with Crippen molar-refractivity contribution in [2.24, 2.45) is 0 Å². The average molecular weight is 345 g/mol. The standard InChI is InChI=1S/C19H27N3O3/c1-19(2,3)25-18(24)21-12-8-7-11-16(21)22-15(13-20-17(22)23)14-9-5-4-6-10-14/h4-6,9-10,15-16H,7-8,11-13H2,1-3H3,(H,20,23). The molecule has 25 heavy (non-hydrogen) atoms. The SMILES string of the molecule is CC(C)(C)OC(=O)N1CCCCC1N1C(=O)NCC1c1ccccc1. The van der Waals surface area contributed by atoms with Gasteiger partial charge in [-0.1, -0.05) is 30.3 Å². The zero-order valence-electron chi connectivity index (χ0n) is 15.2. The lowest BCUT2D eigenvalue weighted by Crippen LogP contribution is -2.55. The number of hydrogen-bond donors (Lipinski definition) is 1. The van der Waals surface area contributed by atoms with E-state index >= 15 is 0 Å². The van der Waals surface area contributed by atoms with Crippen molar-refractivity contribution in [3.8, 4) is 0 Å². The van der Waals surface area contributed by atoms with Crippen LogP contribution in [-0.2, 0) is 4.74 Å². The summed E-state index contributed by atoms with van der Waals surface area (Å²) in [5.74, 6) is 0. The van der Waals surface area contributed by atoms with Crippen LogP contribution in [-0.4, -0.2) is 46.8 Å². The summed E-state index contributed by atoms with van der Waals surface area (Å²) in [6.45, 7) is 6.75. The number of carbonyl (C=O) groups is 2. The summed E-state index contributed by atoms with van der Waals surface area (Å²) < 4.78 is 5.57. The number of amides is 3. The van der Waals surface area contributed by atoms with E-state index in [1.54, 1.807) is 4.90 Å². The van der Waals surface area contributed by atoms with Gasteiger partial charge in [-0.15, -0.1) is 0 Å². The van der Waals surface area contributed by atoms with Crippen molar-refractivity contribution in [2.45, 2.75) is 57.8 Å². The van der Waals surface area contributed by atoms with Gasteiger partial charge in [0, 0.05) is 13.1 Å². The summed E-state index contributed by atoms with van der Waals surface area (Å²) in [7, 11) is 0. The zero-order chi connectivity index (χ0) is 18.0. The molecule has 0 spiro atoms. The van der Waals surface area contributed by atoms with Crippen molar-refractivity contribution in [2.75, 3.05) is 13.1 Å². The molecular formula is C19H27N3O3. The van der Waals surface area contributed by atoms with E-state index in [1.807, 2.05) is 56.0 Å². The van der Waals surface area contributed by atoms with Gasteiger partial charge in [0.15, 0.2) is 0 Å². The number of carbonyl (C=O) groups excluding carboxylic acids is 2. The number of nitrogens with one attached hydrogen (secondary N) is 1. The highest BCUT2D eigenvalue weighted by molar-refractivity contribution is 5.78. The molecule has 2 atom stereocenters. The Kier molecular flexibility index (Phi) is 4.88. The molecule has 2 saturated heterocycles. The molecule has 2 heterocycles. The number of ether oxygens (including phenoxy) is 1. The molecule has 1 N–H and O–H groups in total. The number of likely N-dealkylation sites (tertiary alicyclic amines) is 1. The van der Waals surface area contributed by atoms with Gasteiger partial charge >= 0.3 is 12.1 Å². The number of hydrogen-bond acceptors (Lipinski definition) is 3. The van der Waals surface area contributed by atoms with E-state index < -0.39 is 5.60 Å². The Labute approximate surface area is 149 Å². The Hall–Kier alpha value is -2.24. The van der Waals surface area contributed by atoms with Crippen LogP contribution in [0, 0.1) is 0 Å². The van der Waals surface area contributed by atoms with E-state index in [0.717, 1.165) is 24.8 Å². The monoisotopic (exact) mass is 345 g/mol. The topological polar surface area (TPSA) is 61.9 Å². The van der Waals surface area contributed by atoms with Gasteiger partial charge in [-0.05, 0) is 45.6 Å². The van der Waals surface area contributed by atoms with Gasteiger partial charge in [-0.3, -0.25) is 9.80 Å². The highest BCUT2D eigenvalue weighted by Crippen LogP contribution is 2.32. The fraction of sp³-hybridized carbons (Fsp3) is 0.579. The molecule has 0 aromatic heterocycles. The highest BCUT2D eigenvalue weighted by Gasteiger charge is 2.42. The fourth-order valence-corrected chi connectivity index (χ4v) is 3.55. The second-order valence-corrected chi connectivity index (χ2v) is 7.67. The Balaban J connectivity index is 1.85. The summed E-state index contributed by atoms with van der Waals surface area (Å²) in [6.07, 6.45) is 2.09. The third-order valence-electron chi connectivity index (χ3n) is 4.62. The zero-order valence-corrected chi connectivity index (χ0v) is 15.2. The molecule has 2 fully saturated rings. The minimum Gasteiger partial charge on any atom is -0.444 e. The van der Waals surface area contributed by atoms with Crippen molar-refractivity contribution in [3.63, 3.8) is 0 Å². The largest absolute Gasteiger partial charge is 0.444 e. The van der Waals surface area contributed by atoms with Crippen LogP contribution in [0.4, 0.5) is 9.59 Å². The van der Waals surface area contributed by atoms with Gasteiger partial charge in [0.2, 0.25) is 0 Å². The van der Waals surface area contributed by atoms with Crippen LogP contribution in [0.15, 0.2) is 30.3 Å². The van der Waals surface area contributed by atoms with Crippen molar-refractivity contribution < 1.29 is 14.3 Å². The van der Waals surface area contributed by atoms with Crippen LogP contribution in [0.5, 0.6) is 0 Å². The summed E-state index contributed by atoms with van der Waals surface area (Å²) >= 11 is 0. The number of benzene rings is 1. The Morgan fingerprint density at radius 1 is 1.20 bits per heavy atom. The van der Waals surface area contributed by atoms with Gasteiger partial charge in [-0.25, -0.2) is 9.59 Å². The molecule has 6 heteroatoms. The number of rotatable bonds is 2. The Morgan fingerprint density at radius 3 is 2.60 bits per heavy atom. The molecule has 136 valence electrons. The van der Waals surface area contributed by atoms with Crippen molar-refractivity contribution >= 4 is 12.1 Å². The first kappa shape index (κ1) is 17.6. The van der Waals surface area contributed by atoms with E-state index in [4.69, 9.17) is 4.74 Å². The van der Waals surface area contributed by atoms with Crippen LogP contribution in [0.2, 0.25) is 0 Å². The molecule has 0 aliphatic carbocycles. The first-order chi connectivity index (χ1) is 11.9. The third kappa shape index (κ3) is 3.89. The second kappa shape index (κ2) is 6.94. The molecule has 1 aromatic rings. The molecular weight excluding hydrogens is 318 g/mol. The summed E-state index contributed by atoms with van der Waals surface area (Å²) in [5.41, 5.74) is 0.529. The number of piperidine rings is 1. The Morgan fingerprint density at radius 2 is 1.92 bits per heavy atom. The smallest absolute Gasteiger partial charge is 0.411 e. The first-order valence-corrected chi connectivity index (χ1v) is 8.97. The van der Waals surface area contributed by atoms with Crippen LogP contribution < -0.4 is 5.32 Å². The van der Waals surface area contributed by atoms with E-state index in [1.165, 1.54) is 0 Å². The maximum Gasteiger partial charge on any atom is 0.411 e. The average Bonchev–Trinajstić information content (AvgIpc) is 2.95. The minimum atomic E-state index is -0.550. The Bertz CT molecular complexity index is 627. The van der Waals surface area contributed by atoms with Crippen LogP contribution in [0.25, 0.3) is 0 Å². The molecule has 3 amide bonds. The van der Waals surface area contributed by atoms with E-state index in [0.29, 0.717) is 13.1 Å². The third-order valence-corrected chi connectivity index (χ3v) is 4.62. The predicted molar refractivity (Wildman–Crippen MR) is 95.0 cm³/mol. The lowest BCUT2D eigenvalue weighted by Gasteiger charge is -2.42. The fourth-order valence-electron chi connectivity index (χ4n) is 3.55. The van der Waals surface area contributed by atoms with Crippen LogP contribution in [0.1, 0.15) is 51.6 Å². The maximum atomic E-state index is 12.7. The van der Waals surface area contributed by atoms with Gasteiger partial charge < -0.3 is 10.1 Å². The molecule has 2 aliphatic rings. The minimum absolute atomic E-state index is 0.0678. The molecule has 1 aromatic carbocycles. The van der Waals surface area contributed by atoms with Gasteiger partial charge in [0.1, 0.15) is 11.8 Å². The molecule has 2 aliphatic heterocycles. The van der Waals surface area contributed by atoms with Crippen LogP contribution in [0.3, 0.4) is 0 Å². The normalized spacial score (nSPS) is 24.2. The molecule has 3 rings (SSSR count). The van der Waals surface area contributed by atoms with E-state index in [9.17, 15) is 9.59 Å². The first-order valence-electron chi connectivity index (χ1n) is 8.97. The molecule has 6 nitrogen and oxygen atoms in total. The summed E-state index contributed by atoms with van der Waals surface area (Å²) in [6, 6.07) is 9.78. The molecule has 0 radical (unpaired) electrons. The molecule has 0 saturated carbocycles. The molecule has 2 unspecified atom stereocenters. The second-order valence-electron chi connectivity index (χ2n) is 7.67. The lowest BCUT2D eigenvalue weighted by molar-refractivity contribution is -0.0177. The predicted octanol–water partition coefficient (Wildman–Crippen LogP) is 3.50. The van der Waals surface area contributed by atoms with E-state index in [-0.39, 0.29) is 24.3 Å². The van der Waals surface area contributed by atoms with E-state index in [2.05, 4.69) is 5.32 Å². The van der Waals surface area contributed by atoms with Gasteiger partial charge in [0.05, 0.1) is 6.04 Å².